The Bertz CT molecular complexity index is 603. The van der Waals surface area contributed by atoms with Gasteiger partial charge in [0.05, 0.1) is 6.54 Å². The average Bonchev–Trinajstić information content (AvgIpc) is 2.66. The number of carbonyl (C=O) groups excluding carboxylic acids is 1. The van der Waals surface area contributed by atoms with E-state index in [1.165, 1.54) is 11.1 Å². The molecule has 0 bridgehead atoms. The molecule has 0 radical (unpaired) electrons. The van der Waals surface area contributed by atoms with Gasteiger partial charge in [0, 0.05) is 38.1 Å². The van der Waals surface area contributed by atoms with E-state index >= 15 is 0 Å². The highest BCUT2D eigenvalue weighted by atomic mass is 16.1. The summed E-state index contributed by atoms with van der Waals surface area (Å²) in [6.07, 6.45) is 5.79. The van der Waals surface area contributed by atoms with Gasteiger partial charge in [-0.1, -0.05) is 56.7 Å². The molecule has 2 aromatic rings. The summed E-state index contributed by atoms with van der Waals surface area (Å²) < 4.78 is 0. The van der Waals surface area contributed by atoms with Crippen LogP contribution < -0.4 is 5.32 Å². The van der Waals surface area contributed by atoms with Crippen LogP contribution in [0.15, 0.2) is 54.9 Å². The number of hydrogen-bond donors (Lipinski definition) is 1. The van der Waals surface area contributed by atoms with E-state index in [1.54, 1.807) is 6.20 Å². The second-order valence-corrected chi connectivity index (χ2v) is 6.58. The summed E-state index contributed by atoms with van der Waals surface area (Å²) >= 11 is 0. The largest absolute Gasteiger partial charge is 0.308 e. The fraction of sp³-hybridized carbons (Fsp3) is 0.429. The Hall–Kier alpha value is -2.04. The van der Waals surface area contributed by atoms with Crippen LogP contribution in [0.25, 0.3) is 0 Å². The SMILES string of the molecule is CC[C@H](C)[C@@H](CN(CC=O)Cc1ccccc1)NCc1cccnc1. The predicted molar refractivity (Wildman–Crippen MR) is 102 cm³/mol. The molecule has 1 N–H and O–H groups in total. The lowest BCUT2D eigenvalue weighted by Gasteiger charge is -2.30. The number of pyridine rings is 1. The summed E-state index contributed by atoms with van der Waals surface area (Å²) in [5.41, 5.74) is 2.42. The van der Waals surface area contributed by atoms with Gasteiger partial charge in [0.2, 0.25) is 0 Å². The molecule has 2 atom stereocenters. The molecule has 0 aliphatic heterocycles. The Morgan fingerprint density at radius 2 is 1.92 bits per heavy atom. The maximum Gasteiger partial charge on any atom is 0.133 e. The second kappa shape index (κ2) is 10.7. The van der Waals surface area contributed by atoms with Crippen molar-refractivity contribution in [3.63, 3.8) is 0 Å². The summed E-state index contributed by atoms with van der Waals surface area (Å²) in [5, 5.41) is 3.66. The van der Waals surface area contributed by atoms with Crippen molar-refractivity contribution >= 4 is 6.29 Å². The van der Waals surface area contributed by atoms with Crippen LogP contribution in [0, 0.1) is 5.92 Å². The number of nitrogens with one attached hydrogen (secondary N) is 1. The van der Waals surface area contributed by atoms with E-state index in [0.29, 0.717) is 18.5 Å². The summed E-state index contributed by atoms with van der Waals surface area (Å²) in [5.74, 6) is 0.529. The van der Waals surface area contributed by atoms with E-state index in [9.17, 15) is 4.79 Å². The van der Waals surface area contributed by atoms with Crippen LogP contribution in [0.5, 0.6) is 0 Å². The number of hydrogen-bond acceptors (Lipinski definition) is 4. The van der Waals surface area contributed by atoms with Crippen molar-refractivity contribution in [3.05, 3.63) is 66.0 Å². The molecule has 134 valence electrons. The number of nitrogens with zero attached hydrogens (tertiary/aromatic N) is 2. The van der Waals surface area contributed by atoms with Gasteiger partial charge in [-0.2, -0.15) is 0 Å². The number of rotatable bonds is 11. The van der Waals surface area contributed by atoms with Gasteiger partial charge in [0.25, 0.3) is 0 Å². The van der Waals surface area contributed by atoms with E-state index in [-0.39, 0.29) is 0 Å². The minimum Gasteiger partial charge on any atom is -0.308 e. The molecular weight excluding hydrogens is 310 g/mol. The van der Waals surface area contributed by atoms with Crippen LogP contribution in [0.2, 0.25) is 0 Å². The number of benzene rings is 1. The van der Waals surface area contributed by atoms with Crippen molar-refractivity contribution in [2.45, 2.75) is 39.4 Å². The summed E-state index contributed by atoms with van der Waals surface area (Å²) in [4.78, 5) is 17.5. The molecule has 0 aliphatic carbocycles. The van der Waals surface area contributed by atoms with Gasteiger partial charge in [-0.05, 0) is 23.1 Å². The van der Waals surface area contributed by atoms with E-state index in [2.05, 4.69) is 47.2 Å². The van der Waals surface area contributed by atoms with Crippen LogP contribution in [-0.2, 0) is 17.9 Å². The van der Waals surface area contributed by atoms with Crippen LogP contribution in [0.1, 0.15) is 31.4 Å². The van der Waals surface area contributed by atoms with Gasteiger partial charge in [0.1, 0.15) is 6.29 Å². The van der Waals surface area contributed by atoms with Gasteiger partial charge in [-0.25, -0.2) is 0 Å². The Kier molecular flexibility index (Phi) is 8.29. The third kappa shape index (κ3) is 6.77. The molecule has 1 aromatic carbocycles. The first-order chi connectivity index (χ1) is 12.2. The lowest BCUT2D eigenvalue weighted by molar-refractivity contribution is -0.109. The van der Waals surface area contributed by atoms with Gasteiger partial charge in [-0.3, -0.25) is 9.88 Å². The molecule has 25 heavy (non-hydrogen) atoms. The van der Waals surface area contributed by atoms with Crippen molar-refractivity contribution in [1.82, 2.24) is 15.2 Å². The summed E-state index contributed by atoms with van der Waals surface area (Å²) in [6.45, 7) is 7.37. The quantitative estimate of drug-likeness (QED) is 0.638. The lowest BCUT2D eigenvalue weighted by atomic mass is 9.98. The van der Waals surface area contributed by atoms with Gasteiger partial charge in [-0.15, -0.1) is 0 Å². The van der Waals surface area contributed by atoms with Crippen LogP contribution in [0.4, 0.5) is 0 Å². The second-order valence-electron chi connectivity index (χ2n) is 6.58. The molecule has 1 heterocycles. The summed E-state index contributed by atoms with van der Waals surface area (Å²) in [7, 11) is 0. The molecule has 0 spiro atoms. The van der Waals surface area contributed by atoms with E-state index in [4.69, 9.17) is 0 Å². The molecule has 0 fully saturated rings. The highest BCUT2D eigenvalue weighted by molar-refractivity contribution is 5.52. The molecule has 4 nitrogen and oxygen atoms in total. The van der Waals surface area contributed by atoms with Gasteiger partial charge in [0.15, 0.2) is 0 Å². The predicted octanol–water partition coefficient (Wildman–Crippen LogP) is 3.29. The summed E-state index contributed by atoms with van der Waals surface area (Å²) in [6, 6.07) is 14.7. The van der Waals surface area contributed by atoms with Crippen molar-refractivity contribution in [1.29, 1.82) is 0 Å². The molecule has 1 aromatic heterocycles. The number of carbonyl (C=O) groups is 1. The minimum absolute atomic E-state index is 0.328. The highest BCUT2D eigenvalue weighted by Crippen LogP contribution is 2.13. The maximum atomic E-state index is 11.1. The van der Waals surface area contributed by atoms with Crippen molar-refractivity contribution in [2.24, 2.45) is 5.92 Å². The minimum atomic E-state index is 0.328. The first-order valence-corrected chi connectivity index (χ1v) is 9.05. The molecular formula is C21H29N3O. The zero-order chi connectivity index (χ0) is 17.9. The van der Waals surface area contributed by atoms with E-state index < -0.39 is 0 Å². The highest BCUT2D eigenvalue weighted by Gasteiger charge is 2.19. The molecule has 2 rings (SSSR count). The Morgan fingerprint density at radius 1 is 1.16 bits per heavy atom. The first kappa shape index (κ1) is 19.3. The molecule has 0 amide bonds. The first-order valence-electron chi connectivity index (χ1n) is 9.05. The average molecular weight is 339 g/mol. The Morgan fingerprint density at radius 3 is 2.56 bits per heavy atom. The van der Waals surface area contributed by atoms with E-state index in [1.807, 2.05) is 30.5 Å². The standard InChI is InChI=1S/C21H29N3O/c1-3-18(2)21(23-15-20-10-7-11-22-14-20)17-24(12-13-25)16-19-8-5-4-6-9-19/h4-11,13-14,18,21,23H,3,12,15-17H2,1-2H3/t18-,21+/m0/s1. The fourth-order valence-corrected chi connectivity index (χ4v) is 2.91. The molecule has 4 heteroatoms. The smallest absolute Gasteiger partial charge is 0.133 e. The lowest BCUT2D eigenvalue weighted by Crippen LogP contribution is -2.45. The topological polar surface area (TPSA) is 45.2 Å². The Balaban J connectivity index is 2.00. The maximum absolute atomic E-state index is 11.1. The molecule has 0 saturated carbocycles. The van der Waals surface area contributed by atoms with Crippen molar-refractivity contribution in [3.8, 4) is 0 Å². The van der Waals surface area contributed by atoms with Crippen molar-refractivity contribution < 1.29 is 4.79 Å². The fourth-order valence-electron chi connectivity index (χ4n) is 2.91. The van der Waals surface area contributed by atoms with Gasteiger partial charge < -0.3 is 10.1 Å². The zero-order valence-electron chi connectivity index (χ0n) is 15.3. The third-order valence-corrected chi connectivity index (χ3v) is 4.66. The van der Waals surface area contributed by atoms with Crippen molar-refractivity contribution in [2.75, 3.05) is 13.1 Å². The van der Waals surface area contributed by atoms with Crippen LogP contribution >= 0.6 is 0 Å². The number of aromatic nitrogens is 1. The van der Waals surface area contributed by atoms with Crippen LogP contribution in [0.3, 0.4) is 0 Å². The van der Waals surface area contributed by atoms with Crippen LogP contribution in [-0.4, -0.2) is 35.3 Å². The molecule has 0 unspecified atom stereocenters. The monoisotopic (exact) mass is 339 g/mol. The zero-order valence-corrected chi connectivity index (χ0v) is 15.3. The number of aldehydes is 1. The van der Waals surface area contributed by atoms with Gasteiger partial charge >= 0.3 is 0 Å². The van der Waals surface area contributed by atoms with E-state index in [0.717, 1.165) is 32.3 Å². The Labute approximate surface area is 151 Å². The molecule has 0 aliphatic rings. The molecule has 0 saturated heterocycles. The normalized spacial score (nSPS) is 13.6. The third-order valence-electron chi connectivity index (χ3n) is 4.66.